The van der Waals surface area contributed by atoms with Crippen LogP contribution in [0, 0.1) is 6.92 Å². The Labute approximate surface area is 104 Å². The van der Waals surface area contributed by atoms with Gasteiger partial charge in [0.15, 0.2) is 5.58 Å². The summed E-state index contributed by atoms with van der Waals surface area (Å²) in [5.41, 5.74) is 8.85. The summed E-state index contributed by atoms with van der Waals surface area (Å²) in [5, 5.41) is 0. The summed E-state index contributed by atoms with van der Waals surface area (Å²) in [5.74, 6) is 0.654. The highest BCUT2D eigenvalue weighted by atomic mass is 16.6. The number of nitrogen functional groups attached to an aromatic ring is 1. The molecule has 0 aliphatic rings. The van der Waals surface area contributed by atoms with E-state index in [2.05, 4.69) is 4.98 Å². The van der Waals surface area contributed by atoms with E-state index in [1.807, 2.05) is 49.4 Å². The van der Waals surface area contributed by atoms with Crippen LogP contribution in [-0.2, 0) is 0 Å². The molecule has 0 aliphatic carbocycles. The second kappa shape index (κ2) is 4.07. The van der Waals surface area contributed by atoms with E-state index >= 15 is 0 Å². The van der Waals surface area contributed by atoms with Crippen LogP contribution in [0.1, 0.15) is 5.56 Å². The second-order valence-corrected chi connectivity index (χ2v) is 4.02. The summed E-state index contributed by atoms with van der Waals surface area (Å²) in [6.45, 7) is 1.90. The van der Waals surface area contributed by atoms with E-state index in [-0.39, 0.29) is 6.08 Å². The van der Waals surface area contributed by atoms with Crippen molar-refractivity contribution < 1.29 is 9.15 Å². The molecule has 0 bridgehead atoms. The molecule has 2 N–H and O–H groups in total. The first-order valence-corrected chi connectivity index (χ1v) is 5.62. The maximum absolute atomic E-state index is 5.82. The highest BCUT2D eigenvalue weighted by molar-refractivity contribution is 5.72. The molecule has 0 aliphatic heterocycles. The zero-order valence-electron chi connectivity index (χ0n) is 9.88. The summed E-state index contributed by atoms with van der Waals surface area (Å²) in [7, 11) is 0. The van der Waals surface area contributed by atoms with Gasteiger partial charge in [-0.15, -0.1) is 0 Å². The number of aromatic nitrogens is 1. The van der Waals surface area contributed by atoms with Gasteiger partial charge in [-0.25, -0.2) is 0 Å². The van der Waals surface area contributed by atoms with Crippen molar-refractivity contribution in [3.8, 4) is 11.8 Å². The molecule has 90 valence electrons. The molecule has 3 aromatic rings. The summed E-state index contributed by atoms with van der Waals surface area (Å²) in [6.07, 6.45) is 0.227. The smallest absolute Gasteiger partial charge is 0.400 e. The lowest BCUT2D eigenvalue weighted by Crippen LogP contribution is -1.93. The van der Waals surface area contributed by atoms with Crippen LogP contribution in [0.4, 0.5) is 5.69 Å². The lowest BCUT2D eigenvalue weighted by Gasteiger charge is -2.06. The molecule has 0 fully saturated rings. The zero-order chi connectivity index (χ0) is 12.5. The molecule has 0 amide bonds. The summed E-state index contributed by atoms with van der Waals surface area (Å²) in [6, 6.07) is 13.0. The molecular formula is C14H12N2O2. The van der Waals surface area contributed by atoms with Gasteiger partial charge in [-0.1, -0.05) is 18.2 Å². The Morgan fingerprint density at radius 1 is 1.11 bits per heavy atom. The van der Waals surface area contributed by atoms with Crippen molar-refractivity contribution in [3.63, 3.8) is 0 Å². The number of ether oxygens (including phenoxy) is 1. The first-order valence-electron chi connectivity index (χ1n) is 5.62. The molecule has 0 saturated carbocycles. The Morgan fingerprint density at radius 2 is 1.94 bits per heavy atom. The number of para-hydroxylation sites is 2. The van der Waals surface area contributed by atoms with Crippen molar-refractivity contribution in [2.75, 3.05) is 5.73 Å². The van der Waals surface area contributed by atoms with Crippen molar-refractivity contribution >= 4 is 16.8 Å². The molecule has 0 radical (unpaired) electrons. The standard InChI is InChI=1S/C14H12N2O2/c1-9-10(15)5-4-8-12(9)17-14-16-11-6-2-3-7-13(11)18-14/h2-8H,15H2,1H3. The van der Waals surface area contributed by atoms with E-state index < -0.39 is 0 Å². The molecule has 1 aromatic heterocycles. The fourth-order valence-corrected chi connectivity index (χ4v) is 1.73. The van der Waals surface area contributed by atoms with Crippen molar-refractivity contribution in [1.29, 1.82) is 0 Å². The van der Waals surface area contributed by atoms with Crippen LogP contribution in [0.25, 0.3) is 11.1 Å². The maximum Gasteiger partial charge on any atom is 0.400 e. The quantitative estimate of drug-likeness (QED) is 0.696. The first kappa shape index (κ1) is 10.7. The third kappa shape index (κ3) is 1.78. The maximum atomic E-state index is 5.82. The Kier molecular flexibility index (Phi) is 2.41. The van der Waals surface area contributed by atoms with Crippen LogP contribution in [0.3, 0.4) is 0 Å². The van der Waals surface area contributed by atoms with Gasteiger partial charge in [0.1, 0.15) is 11.3 Å². The largest absolute Gasteiger partial charge is 0.411 e. The van der Waals surface area contributed by atoms with Gasteiger partial charge in [-0.2, -0.15) is 4.98 Å². The minimum absolute atomic E-state index is 0.227. The van der Waals surface area contributed by atoms with Gasteiger partial charge in [0.05, 0.1) is 0 Å². The average Bonchev–Trinajstić information content (AvgIpc) is 2.77. The van der Waals surface area contributed by atoms with E-state index in [1.54, 1.807) is 0 Å². The minimum atomic E-state index is 0.227. The molecule has 0 unspecified atom stereocenters. The summed E-state index contributed by atoms with van der Waals surface area (Å²) < 4.78 is 11.1. The summed E-state index contributed by atoms with van der Waals surface area (Å²) >= 11 is 0. The molecule has 1 heterocycles. The lowest BCUT2D eigenvalue weighted by molar-refractivity contribution is 0.341. The van der Waals surface area contributed by atoms with Crippen molar-refractivity contribution in [3.05, 3.63) is 48.0 Å². The molecule has 0 spiro atoms. The third-order valence-electron chi connectivity index (χ3n) is 2.80. The Bertz CT molecular complexity index is 671. The molecule has 2 aromatic carbocycles. The molecule has 0 atom stereocenters. The highest BCUT2D eigenvalue weighted by Gasteiger charge is 2.09. The average molecular weight is 240 g/mol. The van der Waals surface area contributed by atoms with E-state index in [0.717, 1.165) is 11.1 Å². The number of benzene rings is 2. The molecule has 0 saturated heterocycles. The molecule has 18 heavy (non-hydrogen) atoms. The highest BCUT2D eigenvalue weighted by Crippen LogP contribution is 2.29. The number of anilines is 1. The zero-order valence-corrected chi connectivity index (χ0v) is 9.88. The van der Waals surface area contributed by atoms with Gasteiger partial charge in [0.25, 0.3) is 0 Å². The van der Waals surface area contributed by atoms with Crippen molar-refractivity contribution in [1.82, 2.24) is 4.98 Å². The van der Waals surface area contributed by atoms with Crippen molar-refractivity contribution in [2.24, 2.45) is 0 Å². The molecular weight excluding hydrogens is 228 g/mol. The summed E-state index contributed by atoms with van der Waals surface area (Å²) in [4.78, 5) is 4.25. The lowest BCUT2D eigenvalue weighted by atomic mass is 10.2. The number of fused-ring (bicyclic) bond motifs is 1. The Balaban J connectivity index is 1.99. The molecule has 4 heteroatoms. The second-order valence-electron chi connectivity index (χ2n) is 4.02. The number of rotatable bonds is 2. The van der Waals surface area contributed by atoms with Crippen LogP contribution >= 0.6 is 0 Å². The normalized spacial score (nSPS) is 10.7. The van der Waals surface area contributed by atoms with Gasteiger partial charge >= 0.3 is 6.08 Å². The predicted octanol–water partition coefficient (Wildman–Crippen LogP) is 3.51. The molecule has 3 rings (SSSR count). The molecule has 4 nitrogen and oxygen atoms in total. The monoisotopic (exact) mass is 240 g/mol. The Morgan fingerprint density at radius 3 is 2.78 bits per heavy atom. The van der Waals surface area contributed by atoms with E-state index in [0.29, 0.717) is 17.0 Å². The first-order chi connectivity index (χ1) is 8.74. The van der Waals surface area contributed by atoms with Crippen LogP contribution in [-0.4, -0.2) is 4.98 Å². The van der Waals surface area contributed by atoms with Gasteiger partial charge < -0.3 is 14.9 Å². The fraction of sp³-hybridized carbons (Fsp3) is 0.0714. The fourth-order valence-electron chi connectivity index (χ4n) is 1.73. The number of nitrogens with zero attached hydrogens (tertiary/aromatic N) is 1. The topological polar surface area (TPSA) is 61.3 Å². The van der Waals surface area contributed by atoms with E-state index in [1.165, 1.54) is 0 Å². The number of nitrogens with two attached hydrogens (primary N) is 1. The SMILES string of the molecule is Cc1c(N)cccc1Oc1nc2ccccc2o1. The Hall–Kier alpha value is -2.49. The van der Waals surface area contributed by atoms with Crippen LogP contribution in [0.15, 0.2) is 46.9 Å². The van der Waals surface area contributed by atoms with Crippen molar-refractivity contribution in [2.45, 2.75) is 6.92 Å². The van der Waals surface area contributed by atoms with E-state index in [9.17, 15) is 0 Å². The number of hydrogen-bond acceptors (Lipinski definition) is 4. The van der Waals surface area contributed by atoms with Gasteiger partial charge in [-0.05, 0) is 31.2 Å². The number of hydrogen-bond donors (Lipinski definition) is 1. The van der Waals surface area contributed by atoms with E-state index in [4.69, 9.17) is 14.9 Å². The van der Waals surface area contributed by atoms with Gasteiger partial charge in [-0.3, -0.25) is 0 Å². The van der Waals surface area contributed by atoms with Gasteiger partial charge in [0, 0.05) is 11.3 Å². The predicted molar refractivity (Wildman–Crippen MR) is 69.7 cm³/mol. The van der Waals surface area contributed by atoms with Gasteiger partial charge in [0.2, 0.25) is 0 Å². The number of oxazole rings is 1. The van der Waals surface area contributed by atoms with Crippen LogP contribution in [0.2, 0.25) is 0 Å². The van der Waals surface area contributed by atoms with Crippen LogP contribution in [0.5, 0.6) is 11.8 Å². The van der Waals surface area contributed by atoms with Crippen LogP contribution < -0.4 is 10.5 Å². The minimum Gasteiger partial charge on any atom is -0.411 e. The third-order valence-corrected chi connectivity index (χ3v) is 2.80.